The van der Waals surface area contributed by atoms with Crippen LogP contribution in [-0.2, 0) is 19.3 Å². The van der Waals surface area contributed by atoms with Crippen molar-refractivity contribution < 1.29 is 14.4 Å². The maximum absolute atomic E-state index is 12.8. The van der Waals surface area contributed by atoms with E-state index in [1.165, 1.54) is 18.7 Å². The normalized spacial score (nSPS) is 21.4. The minimum atomic E-state index is -1.08. The molecule has 2 aromatic rings. The molecule has 2 aromatic carbocycles. The molecule has 2 N–H and O–H groups in total. The van der Waals surface area contributed by atoms with Gasteiger partial charge in [0.1, 0.15) is 0 Å². The van der Waals surface area contributed by atoms with E-state index < -0.39 is 4.87 Å². The lowest BCUT2D eigenvalue weighted by Crippen LogP contribution is -2.47. The first-order valence-electron chi connectivity index (χ1n) is 7.78. The van der Waals surface area contributed by atoms with Crippen molar-refractivity contribution in [3.8, 4) is 0 Å². The highest BCUT2D eigenvalue weighted by Crippen LogP contribution is 2.53. The van der Waals surface area contributed by atoms with Gasteiger partial charge in [0.2, 0.25) is 16.7 Å². The fourth-order valence-electron chi connectivity index (χ4n) is 3.28. The average molecular weight is 353 g/mol. The summed E-state index contributed by atoms with van der Waals surface area (Å²) < 4.78 is 0. The molecule has 6 nitrogen and oxygen atoms in total. The summed E-state index contributed by atoms with van der Waals surface area (Å²) in [6, 6.07) is 14.4. The predicted molar refractivity (Wildman–Crippen MR) is 97.4 cm³/mol. The molecular formula is C18H15N3O3S. The van der Waals surface area contributed by atoms with Crippen LogP contribution >= 0.6 is 11.8 Å². The Morgan fingerprint density at radius 3 is 2.60 bits per heavy atom. The standard InChI is InChI=1S/C18H15N3O3S/c1-11(22)19-12-6-8-13(9-7-12)21-16(23)10-25-18(21)14-4-2-3-5-15(14)20-17(18)24/h2-9H,10H2,1H3,(H,19,22)(H,20,24)/t18-/m1/s1. The van der Waals surface area contributed by atoms with E-state index in [2.05, 4.69) is 10.6 Å². The molecule has 0 unspecified atom stereocenters. The molecular weight excluding hydrogens is 338 g/mol. The van der Waals surface area contributed by atoms with E-state index >= 15 is 0 Å². The van der Waals surface area contributed by atoms with E-state index in [1.807, 2.05) is 24.3 Å². The van der Waals surface area contributed by atoms with Gasteiger partial charge in [-0.3, -0.25) is 19.3 Å². The summed E-state index contributed by atoms with van der Waals surface area (Å²) >= 11 is 1.32. The quantitative estimate of drug-likeness (QED) is 0.870. The molecule has 3 amide bonds. The zero-order chi connectivity index (χ0) is 17.6. The second kappa shape index (κ2) is 5.63. The van der Waals surface area contributed by atoms with Gasteiger partial charge in [0.15, 0.2) is 0 Å². The Morgan fingerprint density at radius 1 is 1.16 bits per heavy atom. The second-order valence-electron chi connectivity index (χ2n) is 5.89. The molecule has 2 heterocycles. The van der Waals surface area contributed by atoms with Crippen LogP contribution < -0.4 is 15.5 Å². The van der Waals surface area contributed by atoms with Gasteiger partial charge in [-0.2, -0.15) is 0 Å². The van der Waals surface area contributed by atoms with E-state index in [0.717, 1.165) is 11.3 Å². The molecule has 1 spiro atoms. The predicted octanol–water partition coefficient (Wildman–Crippen LogP) is 2.53. The molecule has 1 atom stereocenters. The van der Waals surface area contributed by atoms with E-state index in [0.29, 0.717) is 11.4 Å². The van der Waals surface area contributed by atoms with Crippen molar-refractivity contribution in [3.63, 3.8) is 0 Å². The fourth-order valence-corrected chi connectivity index (χ4v) is 4.59. The van der Waals surface area contributed by atoms with Gasteiger partial charge in [-0.1, -0.05) is 18.2 Å². The Labute approximate surface area is 148 Å². The molecule has 7 heteroatoms. The molecule has 25 heavy (non-hydrogen) atoms. The second-order valence-corrected chi connectivity index (χ2v) is 7.06. The number of fused-ring (bicyclic) bond motifs is 2. The lowest BCUT2D eigenvalue weighted by molar-refractivity contribution is -0.122. The van der Waals surface area contributed by atoms with Crippen molar-refractivity contribution in [2.45, 2.75) is 11.8 Å². The third kappa shape index (κ3) is 2.31. The van der Waals surface area contributed by atoms with E-state index in [9.17, 15) is 14.4 Å². The molecule has 0 aromatic heterocycles. The summed E-state index contributed by atoms with van der Waals surface area (Å²) in [5, 5.41) is 5.57. The number of para-hydroxylation sites is 1. The number of nitrogens with zero attached hydrogens (tertiary/aromatic N) is 1. The Bertz CT molecular complexity index is 897. The smallest absolute Gasteiger partial charge is 0.266 e. The number of hydrogen-bond donors (Lipinski definition) is 2. The highest BCUT2D eigenvalue weighted by atomic mass is 32.2. The molecule has 1 saturated heterocycles. The highest BCUT2D eigenvalue weighted by molar-refractivity contribution is 8.02. The fraction of sp³-hybridized carbons (Fsp3) is 0.167. The van der Waals surface area contributed by atoms with Crippen LogP contribution in [0.1, 0.15) is 12.5 Å². The van der Waals surface area contributed by atoms with Gasteiger partial charge < -0.3 is 10.6 Å². The Kier molecular flexibility index (Phi) is 3.54. The summed E-state index contributed by atoms with van der Waals surface area (Å²) in [4.78, 5) is 37.1. The van der Waals surface area contributed by atoms with Crippen molar-refractivity contribution in [2.24, 2.45) is 0 Å². The number of carbonyl (C=O) groups is 3. The molecule has 1 fully saturated rings. The third-order valence-electron chi connectivity index (χ3n) is 4.26. The van der Waals surface area contributed by atoms with Crippen molar-refractivity contribution in [2.75, 3.05) is 21.3 Å². The van der Waals surface area contributed by atoms with Gasteiger partial charge >= 0.3 is 0 Å². The van der Waals surface area contributed by atoms with Crippen molar-refractivity contribution in [1.82, 2.24) is 0 Å². The molecule has 0 aliphatic carbocycles. The number of benzene rings is 2. The van der Waals surface area contributed by atoms with Crippen molar-refractivity contribution in [3.05, 3.63) is 54.1 Å². The summed E-state index contributed by atoms with van der Waals surface area (Å²) in [5.41, 5.74) is 2.79. The summed E-state index contributed by atoms with van der Waals surface area (Å²) in [6.07, 6.45) is 0. The monoisotopic (exact) mass is 353 g/mol. The van der Waals surface area contributed by atoms with Crippen LogP contribution in [0.2, 0.25) is 0 Å². The third-order valence-corrected chi connectivity index (χ3v) is 5.66. The average Bonchev–Trinajstić information content (AvgIpc) is 3.07. The number of hydrogen-bond acceptors (Lipinski definition) is 4. The van der Waals surface area contributed by atoms with Gasteiger partial charge in [-0.15, -0.1) is 11.8 Å². The van der Waals surface area contributed by atoms with Gasteiger partial charge in [0.05, 0.1) is 5.75 Å². The minimum Gasteiger partial charge on any atom is -0.326 e. The SMILES string of the molecule is CC(=O)Nc1ccc(N2C(=O)CS[C@]23C(=O)Nc2ccccc23)cc1. The number of amides is 3. The number of thioether (sulfide) groups is 1. The highest BCUT2D eigenvalue weighted by Gasteiger charge is 2.58. The van der Waals surface area contributed by atoms with Crippen molar-refractivity contribution >= 4 is 46.5 Å². The first-order chi connectivity index (χ1) is 12.0. The van der Waals surface area contributed by atoms with E-state index in [4.69, 9.17) is 0 Å². The molecule has 126 valence electrons. The first kappa shape index (κ1) is 15.7. The first-order valence-corrected chi connectivity index (χ1v) is 8.76. The zero-order valence-electron chi connectivity index (χ0n) is 13.4. The van der Waals surface area contributed by atoms with E-state index in [-0.39, 0.29) is 23.5 Å². The number of rotatable bonds is 2. The Morgan fingerprint density at radius 2 is 1.88 bits per heavy atom. The van der Waals surface area contributed by atoms with E-state index in [1.54, 1.807) is 29.2 Å². The van der Waals surface area contributed by atoms with Crippen LogP contribution in [0.25, 0.3) is 0 Å². The molecule has 2 aliphatic heterocycles. The number of anilines is 3. The molecule has 0 saturated carbocycles. The van der Waals surface area contributed by atoms with Gasteiger partial charge in [-0.05, 0) is 30.3 Å². The Hall–Kier alpha value is -2.80. The van der Waals surface area contributed by atoms with Gasteiger partial charge in [0.25, 0.3) is 5.91 Å². The lowest BCUT2D eigenvalue weighted by atomic mass is 10.0. The minimum absolute atomic E-state index is 0.121. The maximum Gasteiger partial charge on any atom is 0.266 e. The molecule has 4 rings (SSSR count). The summed E-state index contributed by atoms with van der Waals surface area (Å²) in [7, 11) is 0. The largest absolute Gasteiger partial charge is 0.326 e. The zero-order valence-corrected chi connectivity index (χ0v) is 14.2. The van der Waals surface area contributed by atoms with Crippen LogP contribution in [0.15, 0.2) is 48.5 Å². The summed E-state index contributed by atoms with van der Waals surface area (Å²) in [6.45, 7) is 1.43. The topological polar surface area (TPSA) is 78.5 Å². The van der Waals surface area contributed by atoms with Crippen LogP contribution in [0.4, 0.5) is 17.1 Å². The van der Waals surface area contributed by atoms with Crippen LogP contribution in [0.3, 0.4) is 0 Å². The van der Waals surface area contributed by atoms with Crippen LogP contribution in [0, 0.1) is 0 Å². The summed E-state index contributed by atoms with van der Waals surface area (Å²) in [5.74, 6) is -0.268. The molecule has 2 aliphatic rings. The molecule has 0 radical (unpaired) electrons. The number of nitrogens with one attached hydrogen (secondary N) is 2. The number of carbonyl (C=O) groups excluding carboxylic acids is 3. The Balaban J connectivity index is 1.79. The maximum atomic E-state index is 12.8. The molecule has 0 bridgehead atoms. The van der Waals surface area contributed by atoms with Gasteiger partial charge in [-0.25, -0.2) is 0 Å². The van der Waals surface area contributed by atoms with Crippen LogP contribution in [0.5, 0.6) is 0 Å². The van der Waals surface area contributed by atoms with Gasteiger partial charge in [0, 0.05) is 29.5 Å². The lowest BCUT2D eigenvalue weighted by Gasteiger charge is -2.32. The van der Waals surface area contributed by atoms with Crippen molar-refractivity contribution in [1.29, 1.82) is 0 Å². The van der Waals surface area contributed by atoms with Crippen LogP contribution in [-0.4, -0.2) is 23.5 Å².